The second-order valence-electron chi connectivity index (χ2n) is 7.27. The first-order chi connectivity index (χ1) is 12.6. The maximum absolute atomic E-state index is 10.3. The molecule has 0 radical (unpaired) electrons. The number of aryl methyl sites for hydroxylation is 2. The molecule has 0 bridgehead atoms. The summed E-state index contributed by atoms with van der Waals surface area (Å²) in [6, 6.07) is 16.7. The van der Waals surface area contributed by atoms with Crippen LogP contribution >= 0.6 is 0 Å². The van der Waals surface area contributed by atoms with Crippen LogP contribution < -0.4 is 4.74 Å². The van der Waals surface area contributed by atoms with Crippen LogP contribution in [0.25, 0.3) is 0 Å². The molecule has 2 aromatic carbocycles. The summed E-state index contributed by atoms with van der Waals surface area (Å²) in [5, 5.41) is 10.3. The van der Waals surface area contributed by atoms with Gasteiger partial charge in [-0.05, 0) is 42.7 Å². The molecule has 0 saturated carbocycles. The van der Waals surface area contributed by atoms with E-state index in [4.69, 9.17) is 4.74 Å². The Labute approximate surface area is 157 Å². The molecule has 4 nitrogen and oxygen atoms in total. The van der Waals surface area contributed by atoms with Crippen molar-refractivity contribution in [1.82, 2.24) is 9.80 Å². The number of hydrogen-bond acceptors (Lipinski definition) is 4. The zero-order valence-corrected chi connectivity index (χ0v) is 15.9. The third-order valence-corrected chi connectivity index (χ3v) is 5.10. The molecule has 1 unspecified atom stereocenters. The lowest BCUT2D eigenvalue weighted by molar-refractivity contribution is 0.0446. The van der Waals surface area contributed by atoms with Crippen molar-refractivity contribution in [3.63, 3.8) is 0 Å². The fourth-order valence-corrected chi connectivity index (χ4v) is 3.32. The molecule has 140 valence electrons. The predicted octanol–water partition coefficient (Wildman–Crippen LogP) is 2.86. The number of nitrogens with zero attached hydrogens (tertiary/aromatic N) is 2. The molecule has 1 aliphatic rings. The Morgan fingerprint density at radius 2 is 1.62 bits per heavy atom. The Morgan fingerprint density at radius 1 is 0.923 bits per heavy atom. The van der Waals surface area contributed by atoms with Crippen molar-refractivity contribution in [2.45, 2.75) is 26.5 Å². The van der Waals surface area contributed by atoms with E-state index in [2.05, 4.69) is 60.0 Å². The Bertz CT molecular complexity index is 682. The molecule has 1 atom stereocenters. The molecule has 1 heterocycles. The van der Waals surface area contributed by atoms with Crippen molar-refractivity contribution in [2.75, 3.05) is 39.3 Å². The molecular weight excluding hydrogens is 324 g/mol. The highest BCUT2D eigenvalue weighted by molar-refractivity contribution is 5.33. The van der Waals surface area contributed by atoms with Gasteiger partial charge in [0.2, 0.25) is 0 Å². The van der Waals surface area contributed by atoms with Crippen molar-refractivity contribution in [3.05, 3.63) is 65.2 Å². The summed E-state index contributed by atoms with van der Waals surface area (Å²) in [7, 11) is 0. The average molecular weight is 354 g/mol. The number of aliphatic hydroxyl groups excluding tert-OH is 1. The Balaban J connectivity index is 1.37. The SMILES string of the molecule is Cc1ccc(OCC(O)CN2CCN(Cc3ccccc3)CC2)cc1C. The van der Waals surface area contributed by atoms with E-state index in [0.717, 1.165) is 38.5 Å². The van der Waals surface area contributed by atoms with Crippen molar-refractivity contribution >= 4 is 0 Å². The van der Waals surface area contributed by atoms with Gasteiger partial charge in [0.15, 0.2) is 0 Å². The first-order valence-corrected chi connectivity index (χ1v) is 9.47. The lowest BCUT2D eigenvalue weighted by atomic mass is 10.1. The van der Waals surface area contributed by atoms with Gasteiger partial charge in [-0.2, -0.15) is 0 Å². The molecular formula is C22H30N2O2. The van der Waals surface area contributed by atoms with E-state index in [9.17, 15) is 5.11 Å². The van der Waals surface area contributed by atoms with E-state index >= 15 is 0 Å². The zero-order valence-electron chi connectivity index (χ0n) is 15.9. The van der Waals surface area contributed by atoms with Gasteiger partial charge in [0, 0.05) is 39.3 Å². The number of piperazine rings is 1. The van der Waals surface area contributed by atoms with Crippen LogP contribution in [0.15, 0.2) is 48.5 Å². The maximum atomic E-state index is 10.3. The fourth-order valence-electron chi connectivity index (χ4n) is 3.32. The largest absolute Gasteiger partial charge is 0.491 e. The molecule has 1 N–H and O–H groups in total. The van der Waals surface area contributed by atoms with Gasteiger partial charge < -0.3 is 9.84 Å². The number of aliphatic hydroxyl groups is 1. The molecule has 0 aliphatic carbocycles. The van der Waals surface area contributed by atoms with E-state index in [1.807, 2.05) is 12.1 Å². The summed E-state index contributed by atoms with van der Waals surface area (Å²) in [6.45, 7) is 10.3. The number of rotatable bonds is 7. The lowest BCUT2D eigenvalue weighted by Gasteiger charge is -2.35. The topological polar surface area (TPSA) is 35.9 Å². The molecule has 1 fully saturated rings. The molecule has 3 rings (SSSR count). The van der Waals surface area contributed by atoms with Crippen molar-refractivity contribution in [3.8, 4) is 5.75 Å². The predicted molar refractivity (Wildman–Crippen MR) is 106 cm³/mol. The Morgan fingerprint density at radius 3 is 2.31 bits per heavy atom. The fraction of sp³-hybridized carbons (Fsp3) is 0.455. The van der Waals surface area contributed by atoms with Gasteiger partial charge in [0.25, 0.3) is 0 Å². The van der Waals surface area contributed by atoms with Gasteiger partial charge in [-0.3, -0.25) is 9.80 Å². The molecule has 4 heteroatoms. The molecule has 1 aliphatic heterocycles. The molecule has 2 aromatic rings. The van der Waals surface area contributed by atoms with Gasteiger partial charge >= 0.3 is 0 Å². The Hall–Kier alpha value is -1.88. The van der Waals surface area contributed by atoms with Gasteiger partial charge in [-0.25, -0.2) is 0 Å². The van der Waals surface area contributed by atoms with Crippen LogP contribution in [0.5, 0.6) is 5.75 Å². The number of benzene rings is 2. The van der Waals surface area contributed by atoms with E-state index < -0.39 is 6.10 Å². The maximum Gasteiger partial charge on any atom is 0.119 e. The van der Waals surface area contributed by atoms with Crippen LogP contribution in [0.1, 0.15) is 16.7 Å². The first kappa shape index (κ1) is 18.9. The minimum atomic E-state index is -0.461. The van der Waals surface area contributed by atoms with Crippen LogP contribution in [0, 0.1) is 13.8 Å². The average Bonchev–Trinajstić information content (AvgIpc) is 2.65. The molecule has 26 heavy (non-hydrogen) atoms. The van der Waals surface area contributed by atoms with E-state index in [0.29, 0.717) is 13.2 Å². The molecule has 0 amide bonds. The van der Waals surface area contributed by atoms with Crippen LogP contribution in [-0.4, -0.2) is 60.3 Å². The van der Waals surface area contributed by atoms with Crippen LogP contribution in [0.3, 0.4) is 0 Å². The van der Waals surface area contributed by atoms with Crippen molar-refractivity contribution < 1.29 is 9.84 Å². The third-order valence-electron chi connectivity index (χ3n) is 5.10. The highest BCUT2D eigenvalue weighted by atomic mass is 16.5. The van der Waals surface area contributed by atoms with Crippen molar-refractivity contribution in [1.29, 1.82) is 0 Å². The Kier molecular flexibility index (Phi) is 6.67. The number of hydrogen-bond donors (Lipinski definition) is 1. The van der Waals surface area contributed by atoms with E-state index in [1.165, 1.54) is 16.7 Å². The van der Waals surface area contributed by atoms with Crippen LogP contribution in [-0.2, 0) is 6.54 Å². The van der Waals surface area contributed by atoms with Gasteiger partial charge in [-0.15, -0.1) is 0 Å². The normalized spacial score (nSPS) is 17.2. The first-order valence-electron chi connectivity index (χ1n) is 9.47. The van der Waals surface area contributed by atoms with Crippen LogP contribution in [0.2, 0.25) is 0 Å². The minimum absolute atomic E-state index is 0.340. The quantitative estimate of drug-likeness (QED) is 0.829. The summed E-state index contributed by atoms with van der Waals surface area (Å²) in [5.74, 6) is 0.833. The van der Waals surface area contributed by atoms with Gasteiger partial charge in [0.1, 0.15) is 18.5 Å². The second-order valence-corrected chi connectivity index (χ2v) is 7.27. The summed E-state index contributed by atoms with van der Waals surface area (Å²) < 4.78 is 5.76. The highest BCUT2D eigenvalue weighted by Gasteiger charge is 2.19. The monoisotopic (exact) mass is 354 g/mol. The van der Waals surface area contributed by atoms with Crippen molar-refractivity contribution in [2.24, 2.45) is 0 Å². The summed E-state index contributed by atoms with van der Waals surface area (Å²) in [6.07, 6.45) is -0.461. The van der Waals surface area contributed by atoms with Gasteiger partial charge in [-0.1, -0.05) is 36.4 Å². The highest BCUT2D eigenvalue weighted by Crippen LogP contribution is 2.16. The second kappa shape index (κ2) is 9.17. The zero-order chi connectivity index (χ0) is 18.4. The van der Waals surface area contributed by atoms with Crippen LogP contribution in [0.4, 0.5) is 0 Å². The summed E-state index contributed by atoms with van der Waals surface area (Å²) in [4.78, 5) is 4.81. The smallest absolute Gasteiger partial charge is 0.119 e. The lowest BCUT2D eigenvalue weighted by Crippen LogP contribution is -2.48. The molecule has 1 saturated heterocycles. The van der Waals surface area contributed by atoms with E-state index in [1.54, 1.807) is 0 Å². The summed E-state index contributed by atoms with van der Waals surface area (Å²) in [5.41, 5.74) is 3.83. The standard InChI is InChI=1S/C22H30N2O2/c1-18-8-9-22(14-19(18)2)26-17-21(25)16-24-12-10-23(11-13-24)15-20-6-4-3-5-7-20/h3-9,14,21,25H,10-13,15-17H2,1-2H3. The summed E-state index contributed by atoms with van der Waals surface area (Å²) >= 11 is 0. The molecule has 0 spiro atoms. The number of ether oxygens (including phenoxy) is 1. The number of β-amino-alcohol motifs (C(OH)–C–C–N with tert-alkyl or cyclic N) is 1. The third kappa shape index (κ3) is 5.56. The van der Waals surface area contributed by atoms with E-state index in [-0.39, 0.29) is 0 Å². The van der Waals surface area contributed by atoms with Gasteiger partial charge in [0.05, 0.1) is 0 Å². The minimum Gasteiger partial charge on any atom is -0.491 e. The molecule has 0 aromatic heterocycles.